The number of aromatic nitrogens is 3. The maximum atomic E-state index is 12.0. The molecule has 0 spiro atoms. The normalized spacial score (nSPS) is 14.5. The van der Waals surface area contributed by atoms with Crippen LogP contribution < -0.4 is 16.4 Å². The minimum absolute atomic E-state index is 0.230. The Balaban J connectivity index is 2.03. The first kappa shape index (κ1) is 13.4. The molecule has 0 aliphatic carbocycles. The number of carbonyl (C=O) groups is 1. The van der Waals surface area contributed by atoms with Gasteiger partial charge in [-0.2, -0.15) is 0 Å². The Morgan fingerprint density at radius 2 is 2.19 bits per heavy atom. The second-order valence-electron chi connectivity index (χ2n) is 4.72. The largest absolute Gasteiger partial charge is 0.465 e. The average Bonchev–Trinajstić information content (AvgIpc) is 2.80. The highest BCUT2D eigenvalue weighted by molar-refractivity contribution is 6.00. The third kappa shape index (κ3) is 2.40. The molecular weight excluding hydrogens is 272 g/mol. The van der Waals surface area contributed by atoms with Crippen LogP contribution in [0, 0.1) is 0 Å². The number of methoxy groups -OCH3 is 1. The molecule has 0 bridgehead atoms. The summed E-state index contributed by atoms with van der Waals surface area (Å²) in [6.07, 6.45) is 3.27. The summed E-state index contributed by atoms with van der Waals surface area (Å²) in [4.78, 5) is 15.9. The summed E-state index contributed by atoms with van der Waals surface area (Å²) in [5.74, 6) is 0.160. The van der Waals surface area contributed by atoms with Crippen LogP contribution in [-0.2, 0) is 4.74 Å². The maximum absolute atomic E-state index is 12.0. The van der Waals surface area contributed by atoms with Crippen molar-refractivity contribution in [3.05, 3.63) is 30.1 Å². The molecule has 0 radical (unpaired) electrons. The zero-order valence-electron chi connectivity index (χ0n) is 11.5. The molecule has 0 unspecified atom stereocenters. The molecule has 0 saturated carbocycles. The van der Waals surface area contributed by atoms with Crippen molar-refractivity contribution in [1.82, 2.24) is 20.1 Å². The van der Waals surface area contributed by atoms with Crippen LogP contribution in [0.3, 0.4) is 0 Å². The first-order valence-corrected chi connectivity index (χ1v) is 6.55. The van der Waals surface area contributed by atoms with Crippen molar-refractivity contribution in [2.75, 3.05) is 31.2 Å². The molecule has 2 aromatic rings. The second-order valence-corrected chi connectivity index (χ2v) is 4.72. The lowest BCUT2D eigenvalue weighted by Gasteiger charge is -2.28. The molecular formula is C13H16N6O2. The Morgan fingerprint density at radius 1 is 1.48 bits per heavy atom. The number of nitrogens with two attached hydrogens (primary N) is 1. The summed E-state index contributed by atoms with van der Waals surface area (Å²) in [5, 5.41) is 10.7. The lowest BCUT2D eigenvalue weighted by molar-refractivity contribution is 0.0603. The summed E-state index contributed by atoms with van der Waals surface area (Å²) in [6, 6.07) is 3.76. The number of nitrogens with one attached hydrogen (secondary N) is 2. The number of esters is 1. The Labute approximate surface area is 121 Å². The Kier molecular flexibility index (Phi) is 3.44. The van der Waals surface area contributed by atoms with Crippen LogP contribution in [0.2, 0.25) is 0 Å². The van der Waals surface area contributed by atoms with Crippen LogP contribution in [0.1, 0.15) is 10.4 Å². The van der Waals surface area contributed by atoms with Crippen molar-refractivity contribution in [2.24, 2.45) is 0 Å². The second kappa shape index (κ2) is 5.41. The van der Waals surface area contributed by atoms with Gasteiger partial charge in [0, 0.05) is 25.5 Å². The molecule has 4 N–H and O–H groups in total. The van der Waals surface area contributed by atoms with E-state index in [0.29, 0.717) is 5.82 Å². The highest BCUT2D eigenvalue weighted by Gasteiger charge is 2.27. The quantitative estimate of drug-likeness (QED) is 0.681. The fourth-order valence-electron chi connectivity index (χ4n) is 2.10. The molecule has 21 heavy (non-hydrogen) atoms. The van der Waals surface area contributed by atoms with Gasteiger partial charge in [-0.05, 0) is 12.1 Å². The van der Waals surface area contributed by atoms with Crippen LogP contribution in [0.4, 0.5) is 11.6 Å². The lowest BCUT2D eigenvalue weighted by atomic mass is 10.1. The maximum Gasteiger partial charge on any atom is 0.345 e. The van der Waals surface area contributed by atoms with Gasteiger partial charge < -0.3 is 21.1 Å². The summed E-state index contributed by atoms with van der Waals surface area (Å²) in [7, 11) is 1.32. The van der Waals surface area contributed by atoms with Crippen LogP contribution in [0.15, 0.2) is 24.5 Å². The lowest BCUT2D eigenvalue weighted by Crippen LogP contribution is -2.51. The van der Waals surface area contributed by atoms with E-state index in [9.17, 15) is 4.79 Å². The predicted octanol–water partition coefficient (Wildman–Crippen LogP) is 0.0198. The van der Waals surface area contributed by atoms with Gasteiger partial charge in [-0.3, -0.25) is 4.98 Å². The Morgan fingerprint density at radius 3 is 2.76 bits per heavy atom. The molecule has 0 aromatic carbocycles. The minimum Gasteiger partial charge on any atom is -0.465 e. The van der Waals surface area contributed by atoms with Gasteiger partial charge in [-0.25, -0.2) is 9.48 Å². The van der Waals surface area contributed by atoms with E-state index in [4.69, 9.17) is 10.5 Å². The molecule has 3 heterocycles. The van der Waals surface area contributed by atoms with E-state index in [2.05, 4.69) is 20.7 Å². The predicted molar refractivity (Wildman–Crippen MR) is 77.4 cm³/mol. The van der Waals surface area contributed by atoms with Crippen LogP contribution in [0.25, 0.3) is 5.69 Å². The zero-order valence-corrected chi connectivity index (χ0v) is 11.5. The van der Waals surface area contributed by atoms with Crippen LogP contribution in [-0.4, -0.2) is 47.0 Å². The molecule has 1 aliphatic rings. The third-order valence-corrected chi connectivity index (χ3v) is 3.34. The van der Waals surface area contributed by atoms with E-state index < -0.39 is 5.97 Å². The molecule has 3 rings (SSSR count). The first-order chi connectivity index (χ1) is 10.2. The van der Waals surface area contributed by atoms with E-state index >= 15 is 0 Å². The summed E-state index contributed by atoms with van der Waals surface area (Å²) in [5.41, 5.74) is 7.05. The van der Waals surface area contributed by atoms with Gasteiger partial charge in [0.15, 0.2) is 5.82 Å². The van der Waals surface area contributed by atoms with Crippen molar-refractivity contribution in [1.29, 1.82) is 0 Å². The average molecular weight is 288 g/mol. The molecule has 110 valence electrons. The summed E-state index contributed by atoms with van der Waals surface area (Å²) in [6.45, 7) is 1.64. The highest BCUT2D eigenvalue weighted by atomic mass is 16.5. The fourth-order valence-corrected chi connectivity index (χ4v) is 2.10. The van der Waals surface area contributed by atoms with Crippen molar-refractivity contribution in [2.45, 2.75) is 6.04 Å². The molecule has 0 amide bonds. The topological polar surface area (TPSA) is 107 Å². The standard InChI is InChI=1S/C13H16N6O2/c1-21-13(20)10-11(14)19(9-2-4-15-5-3-9)18-12(10)17-8-6-16-7-8/h2-5,8,16H,6-7,14H2,1H3,(H,17,18). The molecule has 8 nitrogen and oxygen atoms in total. The number of ether oxygens (including phenoxy) is 1. The molecule has 8 heteroatoms. The summed E-state index contributed by atoms with van der Waals surface area (Å²) >= 11 is 0. The monoisotopic (exact) mass is 288 g/mol. The van der Waals surface area contributed by atoms with Gasteiger partial charge >= 0.3 is 5.97 Å². The minimum atomic E-state index is -0.511. The van der Waals surface area contributed by atoms with Gasteiger partial charge in [-0.1, -0.05) is 0 Å². The SMILES string of the molecule is COC(=O)c1c(NC2CNC2)nn(-c2ccncc2)c1N. The number of anilines is 2. The number of hydrogen-bond acceptors (Lipinski definition) is 7. The fraction of sp³-hybridized carbons (Fsp3) is 0.308. The number of rotatable bonds is 4. The first-order valence-electron chi connectivity index (χ1n) is 6.55. The van der Waals surface area contributed by atoms with Gasteiger partial charge in [-0.15, -0.1) is 5.10 Å². The third-order valence-electron chi connectivity index (χ3n) is 3.34. The highest BCUT2D eigenvalue weighted by Crippen LogP contribution is 2.26. The zero-order chi connectivity index (χ0) is 14.8. The van der Waals surface area contributed by atoms with Gasteiger partial charge in [0.2, 0.25) is 0 Å². The number of carbonyl (C=O) groups excluding carboxylic acids is 1. The van der Waals surface area contributed by atoms with E-state index in [1.54, 1.807) is 24.5 Å². The molecule has 0 atom stereocenters. The van der Waals surface area contributed by atoms with Crippen molar-refractivity contribution in [3.63, 3.8) is 0 Å². The van der Waals surface area contributed by atoms with Gasteiger partial charge in [0.1, 0.15) is 11.4 Å². The number of nitrogen functional groups attached to an aromatic ring is 1. The Bertz CT molecular complexity index is 650. The van der Waals surface area contributed by atoms with E-state index in [-0.39, 0.29) is 17.4 Å². The van der Waals surface area contributed by atoms with E-state index in [1.807, 2.05) is 0 Å². The number of nitrogens with zero attached hydrogens (tertiary/aromatic N) is 3. The van der Waals surface area contributed by atoms with Gasteiger partial charge in [0.25, 0.3) is 0 Å². The smallest absolute Gasteiger partial charge is 0.345 e. The van der Waals surface area contributed by atoms with Crippen molar-refractivity contribution < 1.29 is 9.53 Å². The Hall–Kier alpha value is -2.61. The van der Waals surface area contributed by atoms with E-state index in [1.165, 1.54) is 11.8 Å². The van der Waals surface area contributed by atoms with Gasteiger partial charge in [0.05, 0.1) is 18.8 Å². The van der Waals surface area contributed by atoms with E-state index in [0.717, 1.165) is 18.8 Å². The summed E-state index contributed by atoms with van der Waals surface area (Å²) < 4.78 is 6.30. The molecule has 1 saturated heterocycles. The molecule has 1 fully saturated rings. The molecule has 1 aliphatic heterocycles. The van der Waals surface area contributed by atoms with Crippen LogP contribution in [0.5, 0.6) is 0 Å². The molecule has 2 aromatic heterocycles. The number of hydrogen-bond donors (Lipinski definition) is 3. The van der Waals surface area contributed by atoms with Crippen molar-refractivity contribution in [3.8, 4) is 5.69 Å². The van der Waals surface area contributed by atoms with Crippen LogP contribution >= 0.6 is 0 Å². The number of pyridine rings is 1. The van der Waals surface area contributed by atoms with Crippen molar-refractivity contribution >= 4 is 17.6 Å².